The van der Waals surface area contributed by atoms with Crippen molar-refractivity contribution in [1.29, 1.82) is 5.26 Å². The first kappa shape index (κ1) is 6.94. The summed E-state index contributed by atoms with van der Waals surface area (Å²) in [6.45, 7) is 0. The summed E-state index contributed by atoms with van der Waals surface area (Å²) in [7, 11) is 0. The van der Waals surface area contributed by atoms with Crippen LogP contribution >= 0.6 is 12.2 Å². The van der Waals surface area contributed by atoms with Gasteiger partial charge in [0.15, 0.2) is 0 Å². The minimum Gasteiger partial charge on any atom is -0.258 e. The molecule has 0 aliphatic rings. The fourth-order valence-corrected chi connectivity index (χ4v) is 1.04. The molecule has 2 aromatic rings. The summed E-state index contributed by atoms with van der Waals surface area (Å²) in [6, 6.07) is 1.96. The fraction of sp³-hybridized carbons (Fsp3) is 0. The molecule has 58 valence electrons. The molecule has 0 unspecified atom stereocenters. The first-order chi connectivity index (χ1) is 5.81. The van der Waals surface area contributed by atoms with Crippen LogP contribution in [0, 0.1) is 16.1 Å². The molecule has 12 heavy (non-hydrogen) atoms. The zero-order valence-corrected chi connectivity index (χ0v) is 6.67. The third-order valence-corrected chi connectivity index (χ3v) is 1.69. The molecule has 0 radical (unpaired) electrons. The van der Waals surface area contributed by atoms with Gasteiger partial charge in [0.2, 0.25) is 4.77 Å². The van der Waals surface area contributed by atoms with Gasteiger partial charge >= 0.3 is 0 Å². The molecule has 0 amide bonds. The maximum absolute atomic E-state index is 8.56. The predicted octanol–water partition coefficient (Wildman–Crippen LogP) is 0.659. The largest absolute Gasteiger partial charge is 0.258 e. The van der Waals surface area contributed by atoms with E-state index < -0.39 is 0 Å². The molecular formula is C6H3N5S. The monoisotopic (exact) mass is 177 g/mol. The second-order valence-corrected chi connectivity index (χ2v) is 2.54. The van der Waals surface area contributed by atoms with E-state index in [2.05, 4.69) is 15.2 Å². The van der Waals surface area contributed by atoms with E-state index in [9.17, 15) is 0 Å². The van der Waals surface area contributed by atoms with Crippen molar-refractivity contribution in [2.45, 2.75) is 0 Å². The first-order valence-corrected chi connectivity index (χ1v) is 3.55. The van der Waals surface area contributed by atoms with Gasteiger partial charge in [-0.15, -0.1) is 5.10 Å². The van der Waals surface area contributed by atoms with Crippen LogP contribution in [0.3, 0.4) is 0 Å². The van der Waals surface area contributed by atoms with Gasteiger partial charge in [0, 0.05) is 6.20 Å². The van der Waals surface area contributed by atoms with Crippen LogP contribution in [0.5, 0.6) is 0 Å². The van der Waals surface area contributed by atoms with Crippen molar-refractivity contribution >= 4 is 18.0 Å². The summed E-state index contributed by atoms with van der Waals surface area (Å²) in [5.41, 5.74) is 0.458. The van der Waals surface area contributed by atoms with Gasteiger partial charge in [-0.2, -0.15) is 5.26 Å². The minimum atomic E-state index is 0.439. The predicted molar refractivity (Wildman–Crippen MR) is 42.9 cm³/mol. The SMILES string of the molecule is N#Cc1cnc2n[nH]c(=S)n2c1. The first-order valence-electron chi connectivity index (χ1n) is 3.14. The highest BCUT2D eigenvalue weighted by molar-refractivity contribution is 7.71. The zero-order valence-electron chi connectivity index (χ0n) is 5.85. The Morgan fingerprint density at radius 3 is 3.25 bits per heavy atom. The molecule has 0 saturated heterocycles. The number of H-pyrrole nitrogens is 1. The Hall–Kier alpha value is -1.74. The van der Waals surface area contributed by atoms with Crippen molar-refractivity contribution in [2.75, 3.05) is 0 Å². The van der Waals surface area contributed by atoms with E-state index in [0.29, 0.717) is 16.1 Å². The molecule has 0 aliphatic heterocycles. The molecule has 0 aliphatic carbocycles. The van der Waals surface area contributed by atoms with Gasteiger partial charge in [-0.3, -0.25) is 4.40 Å². The third-order valence-electron chi connectivity index (χ3n) is 1.40. The molecule has 2 aromatic heterocycles. The van der Waals surface area contributed by atoms with Crippen molar-refractivity contribution in [3.05, 3.63) is 22.7 Å². The number of rotatable bonds is 0. The van der Waals surface area contributed by atoms with Gasteiger partial charge in [0.05, 0.1) is 11.8 Å². The Bertz CT molecular complexity index is 516. The van der Waals surface area contributed by atoms with Crippen LogP contribution in [0.4, 0.5) is 0 Å². The molecule has 0 fully saturated rings. The second kappa shape index (κ2) is 2.39. The zero-order chi connectivity index (χ0) is 8.55. The molecule has 2 heterocycles. The second-order valence-electron chi connectivity index (χ2n) is 2.15. The normalized spacial score (nSPS) is 9.92. The van der Waals surface area contributed by atoms with E-state index in [1.165, 1.54) is 6.20 Å². The number of hydrogen-bond donors (Lipinski definition) is 1. The number of aromatic amines is 1. The minimum absolute atomic E-state index is 0.439. The number of fused-ring (bicyclic) bond motifs is 1. The van der Waals surface area contributed by atoms with Gasteiger partial charge in [0.25, 0.3) is 5.78 Å². The standard InChI is InChI=1S/C6H3N5S/c7-1-4-2-8-5-9-10-6(12)11(5)3-4/h2-3H,(H,10,12). The fourth-order valence-electron chi connectivity index (χ4n) is 0.861. The smallest absolute Gasteiger partial charge is 0.253 e. The highest BCUT2D eigenvalue weighted by atomic mass is 32.1. The average molecular weight is 177 g/mol. The van der Waals surface area contributed by atoms with E-state index in [-0.39, 0.29) is 0 Å². The lowest BCUT2D eigenvalue weighted by atomic mass is 10.4. The molecule has 0 aromatic carbocycles. The van der Waals surface area contributed by atoms with E-state index in [1.807, 2.05) is 6.07 Å². The number of aromatic nitrogens is 4. The van der Waals surface area contributed by atoms with Crippen LogP contribution in [-0.2, 0) is 0 Å². The highest BCUT2D eigenvalue weighted by Crippen LogP contribution is 1.98. The third kappa shape index (κ3) is 0.879. The highest BCUT2D eigenvalue weighted by Gasteiger charge is 1.98. The average Bonchev–Trinajstić information content (AvgIpc) is 2.47. The maximum atomic E-state index is 8.56. The van der Waals surface area contributed by atoms with Gasteiger partial charge < -0.3 is 0 Å². The molecule has 0 atom stereocenters. The number of hydrogen-bond acceptors (Lipinski definition) is 4. The van der Waals surface area contributed by atoms with Crippen LogP contribution in [0.1, 0.15) is 5.56 Å². The van der Waals surface area contributed by atoms with Gasteiger partial charge in [0.1, 0.15) is 6.07 Å². The van der Waals surface area contributed by atoms with E-state index in [0.717, 1.165) is 0 Å². The Morgan fingerprint density at radius 1 is 1.67 bits per heavy atom. The Balaban J connectivity index is 2.91. The molecule has 6 heteroatoms. The van der Waals surface area contributed by atoms with E-state index in [1.54, 1.807) is 10.6 Å². The summed E-state index contributed by atoms with van der Waals surface area (Å²) in [5.74, 6) is 0.471. The van der Waals surface area contributed by atoms with Gasteiger partial charge in [-0.25, -0.2) is 10.1 Å². The number of nitrogens with zero attached hydrogens (tertiary/aromatic N) is 4. The maximum Gasteiger partial charge on any atom is 0.253 e. The van der Waals surface area contributed by atoms with Gasteiger partial charge in [-0.1, -0.05) is 0 Å². The molecule has 0 spiro atoms. The quantitative estimate of drug-likeness (QED) is 0.600. The lowest BCUT2D eigenvalue weighted by molar-refractivity contribution is 1.07. The number of nitriles is 1. The summed E-state index contributed by atoms with van der Waals surface area (Å²) in [4.78, 5) is 3.90. The topological polar surface area (TPSA) is 69.8 Å². The van der Waals surface area contributed by atoms with Crippen LogP contribution in [0.2, 0.25) is 0 Å². The van der Waals surface area contributed by atoms with Crippen LogP contribution in [-0.4, -0.2) is 19.6 Å². The summed E-state index contributed by atoms with van der Waals surface area (Å²) in [6.07, 6.45) is 3.04. The Labute approximate surface area is 72.3 Å². The lowest BCUT2D eigenvalue weighted by Gasteiger charge is -1.89. The summed E-state index contributed by atoms with van der Waals surface area (Å²) in [5, 5.41) is 14.9. The Kier molecular flexibility index (Phi) is 1.38. The van der Waals surface area contributed by atoms with Crippen molar-refractivity contribution in [3.63, 3.8) is 0 Å². The lowest BCUT2D eigenvalue weighted by Crippen LogP contribution is -1.89. The van der Waals surface area contributed by atoms with Crippen molar-refractivity contribution < 1.29 is 0 Å². The summed E-state index contributed by atoms with van der Waals surface area (Å²) >= 11 is 4.89. The van der Waals surface area contributed by atoms with Gasteiger partial charge in [-0.05, 0) is 12.2 Å². The molecule has 0 bridgehead atoms. The molecule has 0 saturated carbocycles. The van der Waals surface area contributed by atoms with Crippen LogP contribution in [0.15, 0.2) is 12.4 Å². The van der Waals surface area contributed by atoms with E-state index in [4.69, 9.17) is 17.5 Å². The van der Waals surface area contributed by atoms with E-state index >= 15 is 0 Å². The van der Waals surface area contributed by atoms with Crippen LogP contribution < -0.4 is 0 Å². The van der Waals surface area contributed by atoms with Crippen LogP contribution in [0.25, 0.3) is 5.78 Å². The molecule has 5 nitrogen and oxygen atoms in total. The molecule has 1 N–H and O–H groups in total. The van der Waals surface area contributed by atoms with Crippen molar-refractivity contribution in [2.24, 2.45) is 0 Å². The molecule has 2 rings (SSSR count). The Morgan fingerprint density at radius 2 is 2.50 bits per heavy atom. The van der Waals surface area contributed by atoms with Crippen molar-refractivity contribution in [3.8, 4) is 6.07 Å². The molecular weight excluding hydrogens is 174 g/mol. The number of nitrogens with one attached hydrogen (secondary N) is 1. The van der Waals surface area contributed by atoms with Crippen molar-refractivity contribution in [1.82, 2.24) is 19.6 Å². The summed E-state index contributed by atoms with van der Waals surface area (Å²) < 4.78 is 1.99.